The van der Waals surface area contributed by atoms with E-state index in [4.69, 9.17) is 4.84 Å². The van der Waals surface area contributed by atoms with E-state index in [0.29, 0.717) is 11.7 Å². The van der Waals surface area contributed by atoms with Gasteiger partial charge in [0, 0.05) is 11.7 Å². The summed E-state index contributed by atoms with van der Waals surface area (Å²) >= 11 is 0. The maximum Gasteiger partial charge on any atom is 0.244 e. The fraction of sp³-hybridized carbons (Fsp3) is 0.389. The molecule has 0 saturated heterocycles. The van der Waals surface area contributed by atoms with Crippen molar-refractivity contribution < 1.29 is 9.63 Å². The van der Waals surface area contributed by atoms with E-state index in [-0.39, 0.29) is 22.4 Å². The van der Waals surface area contributed by atoms with Crippen molar-refractivity contribution in [3.63, 3.8) is 0 Å². The van der Waals surface area contributed by atoms with Crippen LogP contribution in [0, 0.1) is 0 Å². The van der Waals surface area contributed by atoms with E-state index in [0.717, 1.165) is 6.42 Å². The third kappa shape index (κ3) is 5.70. The van der Waals surface area contributed by atoms with Gasteiger partial charge in [-0.15, -0.1) is 0 Å². The van der Waals surface area contributed by atoms with Crippen molar-refractivity contribution in [2.75, 3.05) is 0 Å². The maximum atomic E-state index is 12.2. The molecular formula is C18H25NO2S. The number of rotatable bonds is 6. The SMILES string of the molecule is CC(C)(C)ONC(=O)CC(Cc1ccccc1)[SH]1C=CC=C1. The number of hydrogen-bond donors (Lipinski definition) is 2. The van der Waals surface area contributed by atoms with Crippen LogP contribution < -0.4 is 5.48 Å². The number of hydrogen-bond acceptors (Lipinski definition) is 2. The Morgan fingerprint density at radius 2 is 1.82 bits per heavy atom. The van der Waals surface area contributed by atoms with Crippen LogP contribution in [0.4, 0.5) is 0 Å². The van der Waals surface area contributed by atoms with Gasteiger partial charge in [0.2, 0.25) is 5.91 Å². The third-order valence-corrected chi connectivity index (χ3v) is 5.50. The van der Waals surface area contributed by atoms with Crippen LogP contribution in [0.1, 0.15) is 32.8 Å². The van der Waals surface area contributed by atoms with Gasteiger partial charge >= 0.3 is 0 Å². The quantitative estimate of drug-likeness (QED) is 0.617. The largest absolute Gasteiger partial charge is 0.273 e. The summed E-state index contributed by atoms with van der Waals surface area (Å²) in [5.41, 5.74) is 3.49. The van der Waals surface area contributed by atoms with Crippen LogP contribution in [0.15, 0.2) is 53.3 Å². The van der Waals surface area contributed by atoms with Crippen molar-refractivity contribution in [1.82, 2.24) is 5.48 Å². The second-order valence-corrected chi connectivity index (χ2v) is 8.64. The Kier molecular flexibility index (Phi) is 5.86. The van der Waals surface area contributed by atoms with Crippen LogP contribution in [-0.2, 0) is 16.1 Å². The molecule has 0 aliphatic carbocycles. The highest BCUT2D eigenvalue weighted by atomic mass is 32.2. The monoisotopic (exact) mass is 319 g/mol. The van der Waals surface area contributed by atoms with Gasteiger partial charge in [0.25, 0.3) is 0 Å². The van der Waals surface area contributed by atoms with Gasteiger partial charge < -0.3 is 0 Å². The lowest BCUT2D eigenvalue weighted by Crippen LogP contribution is -2.35. The van der Waals surface area contributed by atoms with E-state index in [2.05, 4.69) is 40.6 Å². The van der Waals surface area contributed by atoms with Crippen LogP contribution in [0.2, 0.25) is 0 Å². The summed E-state index contributed by atoms with van der Waals surface area (Å²) in [7, 11) is -0.381. The van der Waals surface area contributed by atoms with Gasteiger partial charge in [-0.1, -0.05) is 42.5 Å². The molecule has 1 aromatic rings. The van der Waals surface area contributed by atoms with Gasteiger partial charge in [-0.3, -0.25) is 9.63 Å². The van der Waals surface area contributed by atoms with Crippen LogP contribution in [-0.4, -0.2) is 16.8 Å². The molecule has 1 unspecified atom stereocenters. The second-order valence-electron chi connectivity index (χ2n) is 6.42. The van der Waals surface area contributed by atoms with Crippen molar-refractivity contribution in [3.05, 3.63) is 58.9 Å². The minimum atomic E-state index is -0.381. The molecule has 3 nitrogen and oxygen atoms in total. The van der Waals surface area contributed by atoms with Gasteiger partial charge in [0.15, 0.2) is 0 Å². The molecule has 1 aliphatic heterocycles. The number of thiol groups is 1. The molecule has 0 spiro atoms. The number of benzene rings is 1. The van der Waals surface area contributed by atoms with E-state index >= 15 is 0 Å². The molecule has 1 aromatic carbocycles. The molecule has 0 aromatic heterocycles. The van der Waals surface area contributed by atoms with Gasteiger partial charge in [0.05, 0.1) is 5.60 Å². The number of carbonyl (C=O) groups is 1. The number of hydroxylamine groups is 1. The first kappa shape index (κ1) is 16.8. The van der Waals surface area contributed by atoms with E-state index in [1.807, 2.05) is 39.0 Å². The number of amides is 1. The van der Waals surface area contributed by atoms with Gasteiger partial charge in [0.1, 0.15) is 0 Å². The first-order valence-corrected chi connectivity index (χ1v) is 9.12. The summed E-state index contributed by atoms with van der Waals surface area (Å²) in [6.45, 7) is 5.75. The van der Waals surface area contributed by atoms with Gasteiger partial charge in [-0.05, 0) is 43.6 Å². The van der Waals surface area contributed by atoms with Crippen molar-refractivity contribution in [3.8, 4) is 0 Å². The molecule has 2 rings (SSSR count). The highest BCUT2D eigenvalue weighted by Crippen LogP contribution is 2.41. The fourth-order valence-corrected chi connectivity index (χ4v) is 4.21. The standard InChI is InChI=1S/C18H25NO2S/c1-18(2,3)21-19-17(20)14-16(22-11-7-8-12-22)13-15-9-5-4-6-10-15/h4-12,16,22H,13-14H2,1-3H3,(H,19,20). The van der Waals surface area contributed by atoms with E-state index < -0.39 is 0 Å². The second kappa shape index (κ2) is 7.65. The molecule has 22 heavy (non-hydrogen) atoms. The summed E-state index contributed by atoms with van der Waals surface area (Å²) < 4.78 is 0. The maximum absolute atomic E-state index is 12.2. The molecule has 1 atom stereocenters. The molecule has 4 heteroatoms. The first-order chi connectivity index (χ1) is 10.4. The summed E-state index contributed by atoms with van der Waals surface area (Å²) in [5.74, 6) is -0.0490. The van der Waals surface area contributed by atoms with E-state index in [9.17, 15) is 4.79 Å². The summed E-state index contributed by atoms with van der Waals surface area (Å²) in [6, 6.07) is 10.3. The molecule has 120 valence electrons. The predicted octanol–water partition coefficient (Wildman–Crippen LogP) is 3.88. The summed E-state index contributed by atoms with van der Waals surface area (Å²) in [4.78, 5) is 17.5. The van der Waals surface area contributed by atoms with Crippen molar-refractivity contribution in [2.45, 2.75) is 44.5 Å². The highest BCUT2D eigenvalue weighted by molar-refractivity contribution is 8.22. The Labute approximate surface area is 135 Å². The molecule has 0 saturated carbocycles. The lowest BCUT2D eigenvalue weighted by atomic mass is 10.1. The fourth-order valence-electron chi connectivity index (χ4n) is 2.23. The van der Waals surface area contributed by atoms with Crippen LogP contribution >= 0.6 is 10.9 Å². The number of carbonyl (C=O) groups excluding carboxylic acids is 1. The van der Waals surface area contributed by atoms with Gasteiger partial charge in [-0.25, -0.2) is 16.4 Å². The Balaban J connectivity index is 1.97. The van der Waals surface area contributed by atoms with Crippen molar-refractivity contribution in [1.29, 1.82) is 0 Å². The van der Waals surface area contributed by atoms with Crippen LogP contribution in [0.3, 0.4) is 0 Å². The number of nitrogens with one attached hydrogen (secondary N) is 1. The van der Waals surface area contributed by atoms with Gasteiger partial charge in [-0.2, -0.15) is 0 Å². The smallest absolute Gasteiger partial charge is 0.244 e. The van der Waals surface area contributed by atoms with E-state index in [1.165, 1.54) is 5.56 Å². The average molecular weight is 319 g/mol. The minimum Gasteiger partial charge on any atom is -0.273 e. The normalized spacial score (nSPS) is 16.8. The molecule has 1 heterocycles. The van der Waals surface area contributed by atoms with E-state index in [1.54, 1.807) is 0 Å². The first-order valence-electron chi connectivity index (χ1n) is 7.57. The summed E-state index contributed by atoms with van der Waals surface area (Å²) in [5, 5.41) is 4.75. The third-order valence-electron chi connectivity index (χ3n) is 3.26. The summed E-state index contributed by atoms with van der Waals surface area (Å²) in [6.07, 6.45) is 5.54. The predicted molar refractivity (Wildman–Crippen MR) is 94.8 cm³/mol. The molecule has 0 fully saturated rings. The molecule has 1 amide bonds. The molecular weight excluding hydrogens is 294 g/mol. The Morgan fingerprint density at radius 1 is 1.18 bits per heavy atom. The van der Waals surface area contributed by atoms with Crippen LogP contribution in [0.25, 0.3) is 0 Å². The average Bonchev–Trinajstić information content (AvgIpc) is 2.99. The Hall–Kier alpha value is -1.52. The van der Waals surface area contributed by atoms with Crippen molar-refractivity contribution >= 4 is 16.8 Å². The zero-order chi connectivity index (χ0) is 16.0. The molecule has 0 bridgehead atoms. The molecule has 1 aliphatic rings. The highest BCUT2D eigenvalue weighted by Gasteiger charge is 2.21. The van der Waals surface area contributed by atoms with Crippen molar-refractivity contribution in [2.24, 2.45) is 0 Å². The zero-order valence-electron chi connectivity index (χ0n) is 13.5. The topological polar surface area (TPSA) is 38.3 Å². The molecule has 1 N–H and O–H groups in total. The zero-order valence-corrected chi connectivity index (χ0v) is 14.3. The Morgan fingerprint density at radius 3 is 2.41 bits per heavy atom. The molecule has 0 radical (unpaired) electrons. The lowest BCUT2D eigenvalue weighted by Gasteiger charge is -2.25. The van der Waals surface area contributed by atoms with Crippen LogP contribution in [0.5, 0.6) is 0 Å². The number of allylic oxidation sites excluding steroid dienone is 2. The minimum absolute atomic E-state index is 0.0490. The lowest BCUT2D eigenvalue weighted by molar-refractivity contribution is -0.145. The Bertz CT molecular complexity index is 534.